The maximum Gasteiger partial charge on any atom is 0.396 e. The van der Waals surface area contributed by atoms with Gasteiger partial charge < -0.3 is 9.64 Å². The van der Waals surface area contributed by atoms with Crippen molar-refractivity contribution in [1.29, 1.82) is 5.26 Å². The lowest BCUT2D eigenvalue weighted by Gasteiger charge is -2.16. The molecule has 0 saturated carbocycles. The molecule has 1 atom stereocenters. The number of hydrogen-bond donors (Lipinski definition) is 0. The summed E-state index contributed by atoms with van der Waals surface area (Å²) in [5.74, 6) is -1.88. The van der Waals surface area contributed by atoms with E-state index >= 15 is 0 Å². The molecule has 0 N–H and O–H groups in total. The molecule has 0 aliphatic carbocycles. The Kier molecular flexibility index (Phi) is 5.30. The van der Waals surface area contributed by atoms with E-state index in [0.29, 0.717) is 0 Å². The predicted molar refractivity (Wildman–Crippen MR) is 49.0 cm³/mol. The van der Waals surface area contributed by atoms with E-state index in [2.05, 4.69) is 4.74 Å². The van der Waals surface area contributed by atoms with Crippen LogP contribution in [0.4, 0.5) is 0 Å². The zero-order valence-corrected chi connectivity index (χ0v) is 8.61. The maximum absolute atomic E-state index is 11.2. The summed E-state index contributed by atoms with van der Waals surface area (Å²) in [7, 11) is 1.47. The van der Waals surface area contributed by atoms with Gasteiger partial charge in [-0.05, 0) is 13.8 Å². The summed E-state index contributed by atoms with van der Waals surface area (Å²) in [5.41, 5.74) is 0. The molecule has 78 valence electrons. The van der Waals surface area contributed by atoms with Gasteiger partial charge in [0.15, 0.2) is 0 Å². The minimum atomic E-state index is -0.875. The lowest BCUT2D eigenvalue weighted by atomic mass is 10.2. The van der Waals surface area contributed by atoms with E-state index in [0.717, 1.165) is 0 Å². The van der Waals surface area contributed by atoms with Crippen molar-refractivity contribution in [1.82, 2.24) is 4.90 Å². The first-order valence-electron chi connectivity index (χ1n) is 4.34. The topological polar surface area (TPSA) is 70.4 Å². The maximum atomic E-state index is 11.2. The molecule has 5 nitrogen and oxygen atoms in total. The second-order valence-electron chi connectivity index (χ2n) is 2.94. The third-order valence-electron chi connectivity index (χ3n) is 1.56. The molecule has 0 bridgehead atoms. The van der Waals surface area contributed by atoms with Gasteiger partial charge in [0, 0.05) is 13.6 Å². The van der Waals surface area contributed by atoms with Crippen LogP contribution >= 0.6 is 0 Å². The van der Waals surface area contributed by atoms with E-state index in [1.54, 1.807) is 13.8 Å². The van der Waals surface area contributed by atoms with Crippen molar-refractivity contribution >= 4 is 11.9 Å². The van der Waals surface area contributed by atoms with Gasteiger partial charge in [-0.2, -0.15) is 5.26 Å². The minimum Gasteiger partial charge on any atom is -0.459 e. The smallest absolute Gasteiger partial charge is 0.396 e. The lowest BCUT2D eigenvalue weighted by Crippen LogP contribution is -2.37. The fourth-order valence-corrected chi connectivity index (χ4v) is 0.883. The number of nitrogens with zero attached hydrogens (tertiary/aromatic N) is 2. The van der Waals surface area contributed by atoms with Crippen LogP contribution in [-0.2, 0) is 14.3 Å². The van der Waals surface area contributed by atoms with Crippen LogP contribution < -0.4 is 0 Å². The van der Waals surface area contributed by atoms with Gasteiger partial charge >= 0.3 is 11.9 Å². The van der Waals surface area contributed by atoms with E-state index in [1.165, 1.54) is 11.9 Å². The van der Waals surface area contributed by atoms with Crippen molar-refractivity contribution in [2.75, 3.05) is 20.2 Å². The zero-order chi connectivity index (χ0) is 11.1. The Morgan fingerprint density at radius 2 is 2.14 bits per heavy atom. The molecule has 0 spiro atoms. The van der Waals surface area contributed by atoms with Crippen molar-refractivity contribution in [2.24, 2.45) is 5.92 Å². The fourth-order valence-electron chi connectivity index (χ4n) is 0.883. The molecule has 0 heterocycles. The monoisotopic (exact) mass is 198 g/mol. The molecule has 0 aromatic carbocycles. The van der Waals surface area contributed by atoms with Crippen molar-refractivity contribution < 1.29 is 14.3 Å². The first-order valence-corrected chi connectivity index (χ1v) is 4.34. The van der Waals surface area contributed by atoms with Crippen LogP contribution in [0.3, 0.4) is 0 Å². The highest BCUT2D eigenvalue weighted by Gasteiger charge is 2.20. The molecule has 0 fully saturated rings. The van der Waals surface area contributed by atoms with Crippen molar-refractivity contribution in [2.45, 2.75) is 13.8 Å². The summed E-state index contributed by atoms with van der Waals surface area (Å²) in [6.07, 6.45) is 0. The molecule has 0 saturated heterocycles. The van der Waals surface area contributed by atoms with Gasteiger partial charge in [-0.15, -0.1) is 0 Å². The number of carbonyl (C=O) groups is 2. The van der Waals surface area contributed by atoms with Gasteiger partial charge in [0.1, 0.15) is 0 Å². The van der Waals surface area contributed by atoms with Crippen molar-refractivity contribution in [3.8, 4) is 6.07 Å². The Balaban J connectivity index is 4.13. The highest BCUT2D eigenvalue weighted by Crippen LogP contribution is 1.97. The first kappa shape index (κ1) is 12.4. The summed E-state index contributed by atoms with van der Waals surface area (Å²) in [5, 5.41) is 8.50. The molecule has 0 aromatic heterocycles. The van der Waals surface area contributed by atoms with Gasteiger partial charge in [0.25, 0.3) is 0 Å². The van der Waals surface area contributed by atoms with E-state index in [4.69, 9.17) is 5.26 Å². The Morgan fingerprint density at radius 3 is 2.57 bits per heavy atom. The third kappa shape index (κ3) is 3.90. The normalized spacial score (nSPS) is 11.3. The van der Waals surface area contributed by atoms with Crippen LogP contribution in [0.5, 0.6) is 0 Å². The molecule has 14 heavy (non-hydrogen) atoms. The average Bonchev–Trinajstić information content (AvgIpc) is 2.16. The number of ether oxygens (including phenoxy) is 1. The van der Waals surface area contributed by atoms with E-state index < -0.39 is 11.9 Å². The number of likely N-dealkylation sites (N-methyl/N-ethyl adjacent to an activating group) is 1. The van der Waals surface area contributed by atoms with E-state index in [1.807, 2.05) is 6.07 Å². The molecule has 0 rings (SSSR count). The van der Waals surface area contributed by atoms with Crippen LogP contribution in [0.15, 0.2) is 0 Å². The van der Waals surface area contributed by atoms with Gasteiger partial charge in [-0.25, -0.2) is 4.79 Å². The quantitative estimate of drug-likeness (QED) is 0.478. The third-order valence-corrected chi connectivity index (χ3v) is 1.56. The van der Waals surface area contributed by atoms with Gasteiger partial charge in [0.2, 0.25) is 0 Å². The van der Waals surface area contributed by atoms with Crippen LogP contribution in [0.1, 0.15) is 13.8 Å². The summed E-state index contributed by atoms with van der Waals surface area (Å²) in [4.78, 5) is 23.4. The largest absolute Gasteiger partial charge is 0.459 e. The summed E-state index contributed by atoms with van der Waals surface area (Å²) >= 11 is 0. The van der Waals surface area contributed by atoms with E-state index in [-0.39, 0.29) is 19.1 Å². The Hall–Kier alpha value is -1.57. The van der Waals surface area contributed by atoms with Crippen LogP contribution in [-0.4, -0.2) is 37.0 Å². The van der Waals surface area contributed by atoms with Crippen LogP contribution in [0, 0.1) is 17.2 Å². The standard InChI is InChI=1S/C9H14N2O3/c1-4-14-9(13)8(12)11(3)6-7(2)5-10/h7H,4,6H2,1-3H3. The molecule has 1 unspecified atom stereocenters. The molecular formula is C9H14N2O3. The van der Waals surface area contributed by atoms with Crippen LogP contribution in [0.2, 0.25) is 0 Å². The number of nitriles is 1. The highest BCUT2D eigenvalue weighted by molar-refractivity contribution is 6.32. The minimum absolute atomic E-state index is 0.173. The average molecular weight is 198 g/mol. The second-order valence-corrected chi connectivity index (χ2v) is 2.94. The number of carbonyl (C=O) groups excluding carboxylic acids is 2. The molecule has 0 aromatic rings. The Morgan fingerprint density at radius 1 is 1.57 bits per heavy atom. The number of hydrogen-bond acceptors (Lipinski definition) is 4. The van der Waals surface area contributed by atoms with Gasteiger partial charge in [-0.3, -0.25) is 4.79 Å². The van der Waals surface area contributed by atoms with E-state index in [9.17, 15) is 9.59 Å². The van der Waals surface area contributed by atoms with Gasteiger partial charge in [-0.1, -0.05) is 0 Å². The zero-order valence-electron chi connectivity index (χ0n) is 8.61. The first-order chi connectivity index (χ1) is 6.52. The van der Waals surface area contributed by atoms with Crippen molar-refractivity contribution in [3.63, 3.8) is 0 Å². The molecule has 0 radical (unpaired) electrons. The second kappa shape index (κ2) is 5.97. The number of rotatable bonds is 3. The Labute approximate surface area is 83.2 Å². The Bertz CT molecular complexity index is 257. The molecule has 1 amide bonds. The highest BCUT2D eigenvalue weighted by atomic mass is 16.5. The molecule has 5 heteroatoms. The van der Waals surface area contributed by atoms with Crippen molar-refractivity contribution in [3.05, 3.63) is 0 Å². The number of esters is 1. The summed E-state index contributed by atoms with van der Waals surface area (Å²) in [6.45, 7) is 3.71. The molecule has 0 aliphatic rings. The summed E-state index contributed by atoms with van der Waals surface area (Å²) < 4.78 is 4.53. The lowest BCUT2D eigenvalue weighted by molar-refractivity contribution is -0.159. The molecular weight excluding hydrogens is 184 g/mol. The number of amides is 1. The van der Waals surface area contributed by atoms with Crippen LogP contribution in [0.25, 0.3) is 0 Å². The SMILES string of the molecule is CCOC(=O)C(=O)N(C)CC(C)C#N. The predicted octanol–water partition coefficient (Wildman–Crippen LogP) is 0.168. The fraction of sp³-hybridized carbons (Fsp3) is 0.667. The summed E-state index contributed by atoms with van der Waals surface area (Å²) in [6, 6.07) is 1.98. The molecule has 0 aliphatic heterocycles. The van der Waals surface area contributed by atoms with Gasteiger partial charge in [0.05, 0.1) is 18.6 Å².